The van der Waals surface area contributed by atoms with E-state index >= 15 is 0 Å². The largest absolute Gasteiger partial charge is 0.330 e. The summed E-state index contributed by atoms with van der Waals surface area (Å²) in [7, 11) is 1.71. The molecule has 0 saturated heterocycles. The predicted molar refractivity (Wildman–Crippen MR) is 59.1 cm³/mol. The standard InChI is InChI=1S/C11H12F2N4/c1-17-10(4-5-14)15-11(16-17)8-3-2-7(12)6-9(8)13/h2-3,6H,4-5,14H2,1H3. The van der Waals surface area contributed by atoms with Crippen LogP contribution in [0.25, 0.3) is 11.4 Å². The van der Waals surface area contributed by atoms with Gasteiger partial charge in [-0.3, -0.25) is 4.68 Å². The van der Waals surface area contributed by atoms with Gasteiger partial charge in [0.05, 0.1) is 5.56 Å². The Balaban J connectivity index is 2.42. The minimum Gasteiger partial charge on any atom is -0.330 e. The van der Waals surface area contributed by atoms with E-state index in [1.807, 2.05) is 0 Å². The zero-order valence-electron chi connectivity index (χ0n) is 9.32. The van der Waals surface area contributed by atoms with Gasteiger partial charge in [0.25, 0.3) is 0 Å². The number of hydrogen-bond donors (Lipinski definition) is 1. The molecule has 0 unspecified atom stereocenters. The Morgan fingerprint density at radius 3 is 2.76 bits per heavy atom. The average molecular weight is 238 g/mol. The Kier molecular flexibility index (Phi) is 3.14. The first-order valence-corrected chi connectivity index (χ1v) is 5.17. The Hall–Kier alpha value is -1.82. The van der Waals surface area contributed by atoms with Crippen LogP contribution in [0.15, 0.2) is 18.2 Å². The van der Waals surface area contributed by atoms with E-state index in [0.717, 1.165) is 6.07 Å². The highest BCUT2D eigenvalue weighted by atomic mass is 19.1. The molecule has 0 saturated carbocycles. The van der Waals surface area contributed by atoms with Crippen LogP contribution in [-0.2, 0) is 13.5 Å². The van der Waals surface area contributed by atoms with E-state index < -0.39 is 11.6 Å². The van der Waals surface area contributed by atoms with Crippen molar-refractivity contribution in [2.45, 2.75) is 6.42 Å². The molecule has 0 bridgehead atoms. The molecule has 0 spiro atoms. The second-order valence-corrected chi connectivity index (χ2v) is 3.64. The highest BCUT2D eigenvalue weighted by molar-refractivity contribution is 5.55. The summed E-state index contributed by atoms with van der Waals surface area (Å²) in [6.07, 6.45) is 0.562. The number of nitrogens with zero attached hydrogens (tertiary/aromatic N) is 3. The van der Waals surface area contributed by atoms with Gasteiger partial charge in [-0.25, -0.2) is 13.8 Å². The van der Waals surface area contributed by atoms with E-state index in [1.165, 1.54) is 12.1 Å². The van der Waals surface area contributed by atoms with Crippen LogP contribution in [0.3, 0.4) is 0 Å². The van der Waals surface area contributed by atoms with Crippen molar-refractivity contribution in [2.75, 3.05) is 6.54 Å². The van der Waals surface area contributed by atoms with Crippen molar-refractivity contribution in [1.82, 2.24) is 14.8 Å². The van der Waals surface area contributed by atoms with Crippen LogP contribution in [0, 0.1) is 11.6 Å². The van der Waals surface area contributed by atoms with Crippen LogP contribution >= 0.6 is 0 Å². The zero-order chi connectivity index (χ0) is 12.4. The summed E-state index contributed by atoms with van der Waals surface area (Å²) >= 11 is 0. The van der Waals surface area contributed by atoms with Gasteiger partial charge in [0, 0.05) is 19.5 Å². The molecule has 1 aromatic heterocycles. The lowest BCUT2D eigenvalue weighted by Gasteiger charge is -1.97. The number of rotatable bonds is 3. The fourth-order valence-corrected chi connectivity index (χ4v) is 1.55. The summed E-state index contributed by atoms with van der Waals surface area (Å²) in [5, 5.41) is 4.08. The number of halogens is 2. The van der Waals surface area contributed by atoms with Crippen molar-refractivity contribution in [3.63, 3.8) is 0 Å². The first-order valence-electron chi connectivity index (χ1n) is 5.17. The molecule has 2 aromatic rings. The summed E-state index contributed by atoms with van der Waals surface area (Å²) in [5.41, 5.74) is 5.61. The van der Waals surface area contributed by atoms with E-state index in [9.17, 15) is 8.78 Å². The summed E-state index contributed by atoms with van der Waals surface area (Å²) in [4.78, 5) is 4.17. The Labute approximate surface area is 97.1 Å². The summed E-state index contributed by atoms with van der Waals surface area (Å²) < 4.78 is 27.8. The second-order valence-electron chi connectivity index (χ2n) is 3.64. The fourth-order valence-electron chi connectivity index (χ4n) is 1.55. The van der Waals surface area contributed by atoms with Crippen LogP contribution in [0.5, 0.6) is 0 Å². The van der Waals surface area contributed by atoms with Crippen LogP contribution in [-0.4, -0.2) is 21.3 Å². The van der Waals surface area contributed by atoms with Crippen molar-refractivity contribution >= 4 is 0 Å². The third-order valence-corrected chi connectivity index (χ3v) is 2.39. The molecule has 0 radical (unpaired) electrons. The molecule has 0 aliphatic rings. The van der Waals surface area contributed by atoms with Crippen LogP contribution in [0.4, 0.5) is 8.78 Å². The molecule has 0 aliphatic carbocycles. The van der Waals surface area contributed by atoms with Gasteiger partial charge in [0.15, 0.2) is 5.82 Å². The quantitative estimate of drug-likeness (QED) is 0.875. The molecule has 0 aliphatic heterocycles. The molecule has 4 nitrogen and oxygen atoms in total. The normalized spacial score (nSPS) is 10.8. The molecule has 6 heteroatoms. The fraction of sp³-hybridized carbons (Fsp3) is 0.273. The van der Waals surface area contributed by atoms with Crippen molar-refractivity contribution in [1.29, 1.82) is 0 Å². The summed E-state index contributed by atoms with van der Waals surface area (Å²) in [6.45, 7) is 0.442. The molecule has 2 rings (SSSR count). The van der Waals surface area contributed by atoms with Crippen LogP contribution in [0.2, 0.25) is 0 Å². The van der Waals surface area contributed by atoms with Gasteiger partial charge in [0.1, 0.15) is 17.5 Å². The van der Waals surface area contributed by atoms with Gasteiger partial charge < -0.3 is 5.73 Å². The van der Waals surface area contributed by atoms with Crippen molar-refractivity contribution in [3.05, 3.63) is 35.7 Å². The van der Waals surface area contributed by atoms with Crippen molar-refractivity contribution in [2.24, 2.45) is 12.8 Å². The van der Waals surface area contributed by atoms with Gasteiger partial charge in [-0.1, -0.05) is 0 Å². The van der Waals surface area contributed by atoms with E-state index in [4.69, 9.17) is 5.73 Å². The highest BCUT2D eigenvalue weighted by Gasteiger charge is 2.13. The monoisotopic (exact) mass is 238 g/mol. The SMILES string of the molecule is Cn1nc(-c2ccc(F)cc2F)nc1CCN. The van der Waals surface area contributed by atoms with Crippen molar-refractivity contribution in [3.8, 4) is 11.4 Å². The van der Waals surface area contributed by atoms with Crippen LogP contribution < -0.4 is 5.73 Å². The molecule has 17 heavy (non-hydrogen) atoms. The average Bonchev–Trinajstić information content (AvgIpc) is 2.60. The number of aromatic nitrogens is 3. The van der Waals surface area contributed by atoms with Crippen LogP contribution in [0.1, 0.15) is 5.82 Å². The van der Waals surface area contributed by atoms with Gasteiger partial charge in [-0.2, -0.15) is 5.10 Å². The van der Waals surface area contributed by atoms with Gasteiger partial charge >= 0.3 is 0 Å². The third kappa shape index (κ3) is 2.31. The molecule has 0 amide bonds. The minimum absolute atomic E-state index is 0.185. The Morgan fingerprint density at radius 2 is 2.12 bits per heavy atom. The summed E-state index contributed by atoms with van der Waals surface area (Å²) in [6, 6.07) is 3.32. The number of aryl methyl sites for hydroxylation is 1. The molecule has 2 N–H and O–H groups in total. The molecular formula is C11H12F2N4. The molecule has 0 fully saturated rings. The zero-order valence-corrected chi connectivity index (χ0v) is 9.32. The number of benzene rings is 1. The number of hydrogen-bond acceptors (Lipinski definition) is 3. The third-order valence-electron chi connectivity index (χ3n) is 2.39. The Morgan fingerprint density at radius 1 is 1.35 bits per heavy atom. The first-order chi connectivity index (χ1) is 8.11. The van der Waals surface area contributed by atoms with Gasteiger partial charge in [0.2, 0.25) is 0 Å². The van der Waals surface area contributed by atoms with Gasteiger partial charge in [-0.15, -0.1) is 0 Å². The molecule has 0 atom stereocenters. The molecule has 1 aromatic carbocycles. The van der Waals surface area contributed by atoms with E-state index in [-0.39, 0.29) is 11.4 Å². The molecular weight excluding hydrogens is 226 g/mol. The number of nitrogens with two attached hydrogens (primary N) is 1. The first kappa shape index (κ1) is 11.7. The second kappa shape index (κ2) is 4.58. The molecule has 90 valence electrons. The van der Waals surface area contributed by atoms with Gasteiger partial charge in [-0.05, 0) is 18.7 Å². The minimum atomic E-state index is -0.671. The highest BCUT2D eigenvalue weighted by Crippen LogP contribution is 2.20. The van der Waals surface area contributed by atoms with Crippen molar-refractivity contribution < 1.29 is 8.78 Å². The van der Waals surface area contributed by atoms with E-state index in [0.29, 0.717) is 18.8 Å². The smallest absolute Gasteiger partial charge is 0.184 e. The van der Waals surface area contributed by atoms with E-state index in [1.54, 1.807) is 11.7 Å². The molecule has 1 heterocycles. The maximum Gasteiger partial charge on any atom is 0.184 e. The lowest BCUT2D eigenvalue weighted by Crippen LogP contribution is -2.08. The maximum absolute atomic E-state index is 13.5. The lowest BCUT2D eigenvalue weighted by atomic mass is 10.2. The topological polar surface area (TPSA) is 56.7 Å². The van der Waals surface area contributed by atoms with E-state index in [2.05, 4.69) is 10.1 Å². The predicted octanol–water partition coefficient (Wildman–Crippen LogP) is 1.26. The lowest BCUT2D eigenvalue weighted by molar-refractivity contribution is 0.584. The Bertz CT molecular complexity index is 536. The maximum atomic E-state index is 13.5. The summed E-state index contributed by atoms with van der Waals surface area (Å²) in [5.74, 6) is -0.376.